The highest BCUT2D eigenvalue weighted by atomic mass is 16.5. The van der Waals surface area contributed by atoms with Crippen LogP contribution in [0.25, 0.3) is 0 Å². The molecule has 4 nitrogen and oxygen atoms in total. The maximum Gasteiger partial charge on any atom is 0.124 e. The Labute approximate surface area is 109 Å². The lowest BCUT2D eigenvalue weighted by Gasteiger charge is -2.14. The van der Waals surface area contributed by atoms with Crippen molar-refractivity contribution < 1.29 is 14.2 Å². The summed E-state index contributed by atoms with van der Waals surface area (Å²) < 4.78 is 16.1. The third-order valence-corrected chi connectivity index (χ3v) is 2.60. The molecule has 0 aromatic heterocycles. The van der Waals surface area contributed by atoms with Crippen LogP contribution in [0.4, 0.5) is 0 Å². The molecule has 2 N–H and O–H groups in total. The van der Waals surface area contributed by atoms with Gasteiger partial charge in [-0.25, -0.2) is 0 Å². The summed E-state index contributed by atoms with van der Waals surface area (Å²) in [4.78, 5) is 0. The van der Waals surface area contributed by atoms with Gasteiger partial charge in [-0.1, -0.05) is 6.07 Å². The first kappa shape index (κ1) is 15.0. The van der Waals surface area contributed by atoms with Gasteiger partial charge in [-0.3, -0.25) is 0 Å². The van der Waals surface area contributed by atoms with E-state index in [1.54, 1.807) is 7.11 Å². The molecule has 0 heterocycles. The van der Waals surface area contributed by atoms with Crippen molar-refractivity contribution in [2.24, 2.45) is 5.73 Å². The second kappa shape index (κ2) is 8.08. The van der Waals surface area contributed by atoms with Crippen LogP contribution in [0, 0.1) is 0 Å². The van der Waals surface area contributed by atoms with E-state index in [-0.39, 0.29) is 6.04 Å². The smallest absolute Gasteiger partial charge is 0.124 e. The molecule has 18 heavy (non-hydrogen) atoms. The van der Waals surface area contributed by atoms with Crippen molar-refractivity contribution in [3.05, 3.63) is 29.3 Å². The van der Waals surface area contributed by atoms with Crippen molar-refractivity contribution in [3.63, 3.8) is 0 Å². The van der Waals surface area contributed by atoms with Crippen LogP contribution in [0.5, 0.6) is 5.75 Å². The fourth-order valence-corrected chi connectivity index (χ4v) is 1.62. The Morgan fingerprint density at radius 2 is 2.06 bits per heavy atom. The van der Waals surface area contributed by atoms with E-state index in [0.717, 1.165) is 16.9 Å². The van der Waals surface area contributed by atoms with Gasteiger partial charge in [0.25, 0.3) is 0 Å². The topological polar surface area (TPSA) is 53.7 Å². The van der Waals surface area contributed by atoms with Gasteiger partial charge in [0.2, 0.25) is 0 Å². The minimum Gasteiger partial charge on any atom is -0.494 e. The van der Waals surface area contributed by atoms with Crippen molar-refractivity contribution in [1.82, 2.24) is 0 Å². The fraction of sp³-hybridized carbons (Fsp3) is 0.571. The first-order valence-corrected chi connectivity index (χ1v) is 6.27. The molecular formula is C14H23NO3. The average molecular weight is 253 g/mol. The van der Waals surface area contributed by atoms with Gasteiger partial charge in [-0.15, -0.1) is 0 Å². The minimum absolute atomic E-state index is 0.0124. The maximum absolute atomic E-state index is 5.88. The minimum atomic E-state index is 0.0124. The Kier molecular flexibility index (Phi) is 6.72. The largest absolute Gasteiger partial charge is 0.494 e. The number of rotatable bonds is 8. The summed E-state index contributed by atoms with van der Waals surface area (Å²) in [5.74, 6) is 0.860. The molecule has 0 amide bonds. The normalized spacial score (nSPS) is 12.4. The van der Waals surface area contributed by atoms with Crippen LogP contribution in [0.3, 0.4) is 0 Å². The number of hydrogen-bond donors (Lipinski definition) is 1. The third kappa shape index (κ3) is 4.64. The molecule has 0 aliphatic carbocycles. The zero-order valence-electron chi connectivity index (χ0n) is 11.4. The van der Waals surface area contributed by atoms with Gasteiger partial charge >= 0.3 is 0 Å². The molecule has 0 saturated carbocycles. The van der Waals surface area contributed by atoms with Gasteiger partial charge < -0.3 is 19.9 Å². The van der Waals surface area contributed by atoms with Crippen LogP contribution >= 0.6 is 0 Å². The van der Waals surface area contributed by atoms with Crippen molar-refractivity contribution >= 4 is 0 Å². The SMILES string of the molecule is CCOc1ccc(C(C)N)cc1COCCOC. The summed E-state index contributed by atoms with van der Waals surface area (Å²) in [5.41, 5.74) is 8.00. The van der Waals surface area contributed by atoms with Gasteiger partial charge in [0, 0.05) is 18.7 Å². The summed E-state index contributed by atoms with van der Waals surface area (Å²) in [5, 5.41) is 0. The number of benzene rings is 1. The van der Waals surface area contributed by atoms with Gasteiger partial charge in [0.15, 0.2) is 0 Å². The lowest BCUT2D eigenvalue weighted by Crippen LogP contribution is -2.08. The van der Waals surface area contributed by atoms with E-state index in [2.05, 4.69) is 0 Å². The molecule has 1 atom stereocenters. The Bertz CT molecular complexity index is 353. The molecule has 1 aromatic carbocycles. The van der Waals surface area contributed by atoms with Crippen molar-refractivity contribution in [2.75, 3.05) is 26.9 Å². The third-order valence-electron chi connectivity index (χ3n) is 2.60. The summed E-state index contributed by atoms with van der Waals surface area (Å²) in [7, 11) is 1.66. The van der Waals surface area contributed by atoms with E-state index in [1.807, 2.05) is 32.0 Å². The molecule has 4 heteroatoms. The lowest BCUT2D eigenvalue weighted by atomic mass is 10.1. The highest BCUT2D eigenvalue weighted by Gasteiger charge is 2.07. The Morgan fingerprint density at radius 3 is 2.67 bits per heavy atom. The molecule has 1 aromatic rings. The molecule has 0 aliphatic rings. The van der Waals surface area contributed by atoms with Gasteiger partial charge in [-0.05, 0) is 31.5 Å². The highest BCUT2D eigenvalue weighted by Crippen LogP contribution is 2.23. The number of ether oxygens (including phenoxy) is 3. The highest BCUT2D eigenvalue weighted by molar-refractivity contribution is 5.38. The molecule has 0 saturated heterocycles. The Morgan fingerprint density at radius 1 is 1.28 bits per heavy atom. The predicted octanol–water partition coefficient (Wildman–Crippen LogP) is 2.27. The number of methoxy groups -OCH3 is 1. The molecule has 102 valence electrons. The van der Waals surface area contributed by atoms with Crippen molar-refractivity contribution in [1.29, 1.82) is 0 Å². The summed E-state index contributed by atoms with van der Waals surface area (Å²) in [6.07, 6.45) is 0. The van der Waals surface area contributed by atoms with E-state index in [0.29, 0.717) is 26.4 Å². The molecule has 0 bridgehead atoms. The van der Waals surface area contributed by atoms with Gasteiger partial charge in [0.1, 0.15) is 5.75 Å². The molecule has 0 fully saturated rings. The number of hydrogen-bond acceptors (Lipinski definition) is 4. The lowest BCUT2D eigenvalue weighted by molar-refractivity contribution is 0.0605. The van der Waals surface area contributed by atoms with E-state index >= 15 is 0 Å². The fourth-order valence-electron chi connectivity index (χ4n) is 1.62. The molecule has 0 spiro atoms. The molecule has 0 aliphatic heterocycles. The summed E-state index contributed by atoms with van der Waals surface area (Å²) in [6, 6.07) is 6.01. The van der Waals surface area contributed by atoms with Gasteiger partial charge in [-0.2, -0.15) is 0 Å². The van der Waals surface area contributed by atoms with Crippen molar-refractivity contribution in [2.45, 2.75) is 26.5 Å². The predicted molar refractivity (Wildman–Crippen MR) is 71.7 cm³/mol. The summed E-state index contributed by atoms with van der Waals surface area (Å²) in [6.45, 7) is 6.25. The zero-order chi connectivity index (χ0) is 13.4. The first-order valence-electron chi connectivity index (χ1n) is 6.27. The standard InChI is InChI=1S/C14H23NO3/c1-4-18-14-6-5-12(11(2)15)9-13(14)10-17-8-7-16-3/h5-6,9,11H,4,7-8,10,15H2,1-3H3. The van der Waals surface area contributed by atoms with Crippen LogP contribution in [-0.4, -0.2) is 26.9 Å². The van der Waals surface area contributed by atoms with Crippen LogP contribution in [0.1, 0.15) is 31.0 Å². The van der Waals surface area contributed by atoms with Gasteiger partial charge in [0.05, 0.1) is 26.4 Å². The van der Waals surface area contributed by atoms with Crippen LogP contribution in [0.15, 0.2) is 18.2 Å². The van der Waals surface area contributed by atoms with E-state index in [1.165, 1.54) is 0 Å². The average Bonchev–Trinajstić information content (AvgIpc) is 2.36. The number of nitrogens with two attached hydrogens (primary N) is 1. The van der Waals surface area contributed by atoms with Crippen LogP contribution in [0.2, 0.25) is 0 Å². The Hall–Kier alpha value is -1.10. The van der Waals surface area contributed by atoms with Crippen LogP contribution in [-0.2, 0) is 16.1 Å². The molecular weight excluding hydrogens is 230 g/mol. The van der Waals surface area contributed by atoms with Crippen molar-refractivity contribution in [3.8, 4) is 5.75 Å². The molecule has 0 radical (unpaired) electrons. The second-order valence-corrected chi connectivity index (χ2v) is 4.13. The zero-order valence-corrected chi connectivity index (χ0v) is 11.4. The summed E-state index contributed by atoms with van der Waals surface area (Å²) >= 11 is 0. The Balaban J connectivity index is 2.72. The van der Waals surface area contributed by atoms with E-state index < -0.39 is 0 Å². The molecule has 1 unspecified atom stereocenters. The first-order chi connectivity index (χ1) is 8.69. The van der Waals surface area contributed by atoms with E-state index in [9.17, 15) is 0 Å². The monoisotopic (exact) mass is 253 g/mol. The molecule has 1 rings (SSSR count). The van der Waals surface area contributed by atoms with E-state index in [4.69, 9.17) is 19.9 Å². The maximum atomic E-state index is 5.88. The van der Waals surface area contributed by atoms with Crippen LogP contribution < -0.4 is 10.5 Å². The second-order valence-electron chi connectivity index (χ2n) is 4.13. The quantitative estimate of drug-likeness (QED) is 0.722.